The number of carbonyl (C=O) groups is 1. The standard InChI is InChI=1S/C10H10ClFO2/c1-6-5-7(9(13)10(11)12)3-4-8(6)14-2/h3-5,10H,1-2H3/t10-/m1/s1. The summed E-state index contributed by atoms with van der Waals surface area (Å²) in [6, 6.07) is 4.65. The van der Waals surface area contributed by atoms with Gasteiger partial charge in [-0.05, 0) is 30.7 Å². The Hall–Kier alpha value is -1.09. The fourth-order valence-corrected chi connectivity index (χ4v) is 1.28. The molecule has 0 radical (unpaired) electrons. The Labute approximate surface area is 86.6 Å². The van der Waals surface area contributed by atoms with E-state index in [1.165, 1.54) is 13.2 Å². The van der Waals surface area contributed by atoms with Crippen molar-refractivity contribution in [1.29, 1.82) is 0 Å². The van der Waals surface area contributed by atoms with E-state index in [0.717, 1.165) is 5.56 Å². The van der Waals surface area contributed by atoms with Gasteiger partial charge in [-0.3, -0.25) is 4.79 Å². The van der Waals surface area contributed by atoms with Crippen LogP contribution in [0.25, 0.3) is 0 Å². The summed E-state index contributed by atoms with van der Waals surface area (Å²) in [5, 5.41) is 0. The van der Waals surface area contributed by atoms with Crippen molar-refractivity contribution < 1.29 is 13.9 Å². The fraction of sp³-hybridized carbons (Fsp3) is 0.300. The van der Waals surface area contributed by atoms with E-state index >= 15 is 0 Å². The van der Waals surface area contributed by atoms with Crippen molar-refractivity contribution in [3.63, 3.8) is 0 Å². The average molecular weight is 217 g/mol. The van der Waals surface area contributed by atoms with Crippen molar-refractivity contribution in [3.05, 3.63) is 29.3 Å². The molecule has 1 aromatic rings. The number of ketones is 1. The summed E-state index contributed by atoms with van der Waals surface area (Å²) in [5.41, 5.74) is -0.954. The molecule has 2 nitrogen and oxygen atoms in total. The van der Waals surface area contributed by atoms with Gasteiger partial charge in [0.1, 0.15) is 5.75 Å². The Morgan fingerprint density at radius 2 is 2.21 bits per heavy atom. The van der Waals surface area contributed by atoms with Crippen LogP contribution in [0.4, 0.5) is 4.39 Å². The van der Waals surface area contributed by atoms with Crippen molar-refractivity contribution >= 4 is 17.4 Å². The van der Waals surface area contributed by atoms with Gasteiger partial charge < -0.3 is 4.74 Å². The first-order chi connectivity index (χ1) is 6.56. The Balaban J connectivity index is 3.03. The fourth-order valence-electron chi connectivity index (χ4n) is 1.16. The number of halogens is 2. The molecule has 0 aromatic heterocycles. The zero-order chi connectivity index (χ0) is 10.7. The van der Waals surface area contributed by atoms with Crippen LogP contribution >= 0.6 is 11.6 Å². The van der Waals surface area contributed by atoms with Crippen LogP contribution in [0, 0.1) is 6.92 Å². The molecule has 0 aliphatic carbocycles. The maximum atomic E-state index is 12.5. The van der Waals surface area contributed by atoms with E-state index in [1.54, 1.807) is 19.1 Å². The van der Waals surface area contributed by atoms with Crippen LogP contribution < -0.4 is 4.74 Å². The minimum atomic E-state index is -1.98. The van der Waals surface area contributed by atoms with E-state index < -0.39 is 11.4 Å². The van der Waals surface area contributed by atoms with Gasteiger partial charge in [-0.15, -0.1) is 0 Å². The summed E-state index contributed by atoms with van der Waals surface area (Å²) >= 11 is 5.04. The molecule has 1 atom stereocenters. The Kier molecular flexibility index (Phi) is 3.47. The number of hydrogen-bond acceptors (Lipinski definition) is 2. The number of alkyl halides is 2. The number of methoxy groups -OCH3 is 1. The first-order valence-electron chi connectivity index (χ1n) is 4.03. The van der Waals surface area contributed by atoms with Crippen LogP contribution in [0.5, 0.6) is 5.75 Å². The topological polar surface area (TPSA) is 26.3 Å². The van der Waals surface area contributed by atoms with E-state index in [9.17, 15) is 9.18 Å². The molecule has 76 valence electrons. The highest BCUT2D eigenvalue weighted by atomic mass is 35.5. The smallest absolute Gasteiger partial charge is 0.235 e. The molecule has 0 N–H and O–H groups in total. The molecule has 4 heteroatoms. The lowest BCUT2D eigenvalue weighted by molar-refractivity contribution is 0.0934. The third-order valence-corrected chi connectivity index (χ3v) is 2.08. The number of aryl methyl sites for hydroxylation is 1. The third kappa shape index (κ3) is 2.23. The van der Waals surface area contributed by atoms with Crippen molar-refractivity contribution in [2.75, 3.05) is 7.11 Å². The Bertz CT molecular complexity index is 350. The van der Waals surface area contributed by atoms with E-state index in [-0.39, 0.29) is 5.56 Å². The molecule has 1 aromatic carbocycles. The molecule has 0 fully saturated rings. The largest absolute Gasteiger partial charge is 0.496 e. The number of benzene rings is 1. The molecule has 0 bridgehead atoms. The molecule has 0 saturated carbocycles. The van der Waals surface area contributed by atoms with E-state index in [0.29, 0.717) is 5.75 Å². The lowest BCUT2D eigenvalue weighted by atomic mass is 10.1. The van der Waals surface area contributed by atoms with E-state index in [4.69, 9.17) is 16.3 Å². The zero-order valence-electron chi connectivity index (χ0n) is 7.88. The highest BCUT2D eigenvalue weighted by molar-refractivity contribution is 6.32. The summed E-state index contributed by atoms with van der Waals surface area (Å²) in [5.74, 6) is -0.0658. The maximum Gasteiger partial charge on any atom is 0.235 e. The molecule has 14 heavy (non-hydrogen) atoms. The predicted octanol–water partition coefficient (Wildman–Crippen LogP) is 2.72. The van der Waals surface area contributed by atoms with Gasteiger partial charge in [-0.1, -0.05) is 11.6 Å². The van der Waals surface area contributed by atoms with Gasteiger partial charge in [0.15, 0.2) is 0 Å². The van der Waals surface area contributed by atoms with Crippen molar-refractivity contribution in [1.82, 2.24) is 0 Å². The second-order valence-corrected chi connectivity index (χ2v) is 3.23. The van der Waals surface area contributed by atoms with Crippen molar-refractivity contribution in [3.8, 4) is 5.75 Å². The Morgan fingerprint density at radius 3 is 2.64 bits per heavy atom. The highest BCUT2D eigenvalue weighted by Crippen LogP contribution is 2.20. The van der Waals surface area contributed by atoms with Gasteiger partial charge in [0, 0.05) is 5.56 Å². The molecule has 1 rings (SSSR count). The monoisotopic (exact) mass is 216 g/mol. The van der Waals surface area contributed by atoms with Crippen molar-refractivity contribution in [2.24, 2.45) is 0 Å². The summed E-state index contributed by atoms with van der Waals surface area (Å²) < 4.78 is 17.5. The Morgan fingerprint density at radius 1 is 1.57 bits per heavy atom. The zero-order valence-corrected chi connectivity index (χ0v) is 8.64. The normalized spacial score (nSPS) is 12.3. The molecule has 0 aliphatic heterocycles. The van der Waals surface area contributed by atoms with Crippen LogP contribution in [0.3, 0.4) is 0 Å². The van der Waals surface area contributed by atoms with Crippen LogP contribution in [-0.2, 0) is 0 Å². The lowest BCUT2D eigenvalue weighted by Gasteiger charge is -2.06. The molecule has 0 aliphatic rings. The molecule has 0 amide bonds. The molecular weight excluding hydrogens is 207 g/mol. The highest BCUT2D eigenvalue weighted by Gasteiger charge is 2.16. The van der Waals surface area contributed by atoms with Crippen LogP contribution in [0.1, 0.15) is 15.9 Å². The average Bonchev–Trinajstić information content (AvgIpc) is 2.16. The molecule has 0 heterocycles. The number of carbonyl (C=O) groups excluding carboxylic acids is 1. The maximum absolute atomic E-state index is 12.5. The summed E-state index contributed by atoms with van der Waals surface area (Å²) in [4.78, 5) is 11.1. The van der Waals surface area contributed by atoms with Gasteiger partial charge in [0.2, 0.25) is 11.4 Å². The molecule has 0 spiro atoms. The van der Waals surface area contributed by atoms with Crippen LogP contribution in [0.15, 0.2) is 18.2 Å². The number of rotatable bonds is 3. The quantitative estimate of drug-likeness (QED) is 0.574. The molecular formula is C10H10ClFO2. The summed E-state index contributed by atoms with van der Waals surface area (Å²) in [6.07, 6.45) is 0. The van der Waals surface area contributed by atoms with Crippen LogP contribution in [-0.4, -0.2) is 18.5 Å². The summed E-state index contributed by atoms with van der Waals surface area (Å²) in [7, 11) is 1.53. The van der Waals surface area contributed by atoms with Crippen molar-refractivity contribution in [2.45, 2.75) is 12.6 Å². The second-order valence-electron chi connectivity index (χ2n) is 2.85. The molecule has 0 unspecified atom stereocenters. The van der Waals surface area contributed by atoms with Gasteiger partial charge in [0.05, 0.1) is 7.11 Å². The minimum absolute atomic E-state index is 0.255. The first kappa shape index (κ1) is 11.0. The first-order valence-corrected chi connectivity index (χ1v) is 4.47. The SMILES string of the molecule is COc1ccc(C(=O)[C@@H](F)Cl)cc1C. The van der Waals surface area contributed by atoms with Crippen LogP contribution in [0.2, 0.25) is 0 Å². The van der Waals surface area contributed by atoms with Gasteiger partial charge in [0.25, 0.3) is 0 Å². The minimum Gasteiger partial charge on any atom is -0.496 e. The molecule has 0 saturated heterocycles. The van der Waals surface area contributed by atoms with Gasteiger partial charge in [-0.25, -0.2) is 4.39 Å². The number of hydrogen-bond donors (Lipinski definition) is 0. The van der Waals surface area contributed by atoms with E-state index in [1.807, 2.05) is 0 Å². The number of Topliss-reactive ketones (excluding diaryl/α,β-unsaturated/α-hetero) is 1. The van der Waals surface area contributed by atoms with Gasteiger partial charge in [-0.2, -0.15) is 0 Å². The summed E-state index contributed by atoms with van der Waals surface area (Å²) in [6.45, 7) is 1.77. The predicted molar refractivity (Wildman–Crippen MR) is 52.8 cm³/mol. The lowest BCUT2D eigenvalue weighted by Crippen LogP contribution is -2.09. The second kappa shape index (κ2) is 4.42. The number of ether oxygens (including phenoxy) is 1. The van der Waals surface area contributed by atoms with Gasteiger partial charge >= 0.3 is 0 Å². The van der Waals surface area contributed by atoms with E-state index in [2.05, 4.69) is 0 Å². The third-order valence-electron chi connectivity index (χ3n) is 1.88.